The lowest BCUT2D eigenvalue weighted by Crippen LogP contribution is -2.28. The van der Waals surface area contributed by atoms with E-state index in [-0.39, 0.29) is 11.0 Å². The quantitative estimate of drug-likeness (QED) is 0.719. The van der Waals surface area contributed by atoms with Crippen LogP contribution in [0.2, 0.25) is 0 Å². The molecule has 0 spiro atoms. The Morgan fingerprint density at radius 1 is 1.22 bits per heavy atom. The highest BCUT2D eigenvalue weighted by Gasteiger charge is 2.31. The average molecular weight is 246 g/mol. The summed E-state index contributed by atoms with van der Waals surface area (Å²) in [5, 5.41) is 0. The Hall–Kier alpha value is -0.980. The van der Waals surface area contributed by atoms with Crippen LogP contribution >= 0.6 is 0 Å². The van der Waals surface area contributed by atoms with Crippen LogP contribution in [0.3, 0.4) is 0 Å². The number of benzene rings is 1. The zero-order valence-electron chi connectivity index (χ0n) is 12.3. The van der Waals surface area contributed by atoms with Gasteiger partial charge in [-0.3, -0.25) is 0 Å². The molecule has 0 saturated heterocycles. The van der Waals surface area contributed by atoms with E-state index in [1.807, 2.05) is 0 Å². The summed E-state index contributed by atoms with van der Waals surface area (Å²) in [5.74, 6) is 1.04. The molecule has 2 rings (SSSR count). The van der Waals surface area contributed by atoms with Crippen molar-refractivity contribution in [1.82, 2.24) is 0 Å². The minimum atomic E-state index is 0.0645. The van der Waals surface area contributed by atoms with Crippen LogP contribution in [0.5, 0.6) is 5.75 Å². The van der Waals surface area contributed by atoms with Gasteiger partial charge in [0.15, 0.2) is 0 Å². The summed E-state index contributed by atoms with van der Waals surface area (Å²) in [5.41, 5.74) is 1.68. The van der Waals surface area contributed by atoms with Crippen molar-refractivity contribution in [3.63, 3.8) is 0 Å². The summed E-state index contributed by atoms with van der Waals surface area (Å²) in [7, 11) is 0. The van der Waals surface area contributed by atoms with Gasteiger partial charge < -0.3 is 4.74 Å². The van der Waals surface area contributed by atoms with Gasteiger partial charge >= 0.3 is 0 Å². The van der Waals surface area contributed by atoms with E-state index in [0.717, 1.165) is 12.2 Å². The monoisotopic (exact) mass is 246 g/mol. The van der Waals surface area contributed by atoms with Crippen LogP contribution in [0.4, 0.5) is 0 Å². The molecule has 1 aliphatic rings. The maximum Gasteiger partial charge on any atom is 0.120 e. The van der Waals surface area contributed by atoms with Crippen molar-refractivity contribution in [3.8, 4) is 5.75 Å². The van der Waals surface area contributed by atoms with Crippen LogP contribution in [0.25, 0.3) is 0 Å². The molecule has 0 aromatic heterocycles. The van der Waals surface area contributed by atoms with Crippen LogP contribution in [-0.2, 0) is 5.41 Å². The lowest BCUT2D eigenvalue weighted by atomic mass is 9.82. The summed E-state index contributed by atoms with van der Waals surface area (Å²) in [6.07, 6.45) is 6.13. The highest BCUT2D eigenvalue weighted by atomic mass is 16.5. The molecule has 0 amide bonds. The first-order valence-corrected chi connectivity index (χ1v) is 7.25. The molecular weight excluding hydrogens is 220 g/mol. The molecule has 1 aromatic rings. The molecule has 0 atom stereocenters. The van der Waals surface area contributed by atoms with E-state index >= 15 is 0 Å². The fourth-order valence-corrected chi connectivity index (χ4v) is 2.69. The van der Waals surface area contributed by atoms with Crippen molar-refractivity contribution in [2.45, 2.75) is 70.8 Å². The third-order valence-corrected chi connectivity index (χ3v) is 4.52. The minimum absolute atomic E-state index is 0.0645. The molecule has 1 fully saturated rings. The van der Waals surface area contributed by atoms with Crippen molar-refractivity contribution >= 4 is 0 Å². The number of rotatable bonds is 4. The van der Waals surface area contributed by atoms with E-state index in [0.29, 0.717) is 0 Å². The molecule has 0 unspecified atom stereocenters. The van der Waals surface area contributed by atoms with Crippen molar-refractivity contribution in [2.24, 2.45) is 0 Å². The zero-order chi connectivity index (χ0) is 13.2. The first kappa shape index (κ1) is 13.5. The predicted molar refractivity (Wildman–Crippen MR) is 77.3 cm³/mol. The molecule has 0 bridgehead atoms. The standard InChI is InChI=1S/C17H26O/c1-5-16(2,3)14-9-8-10-15(13-14)18-17(4)11-6-7-12-17/h8-10,13H,5-7,11-12H2,1-4H3. The first-order valence-electron chi connectivity index (χ1n) is 7.25. The van der Waals surface area contributed by atoms with Crippen LogP contribution in [0, 0.1) is 0 Å². The smallest absolute Gasteiger partial charge is 0.120 e. The van der Waals surface area contributed by atoms with Gasteiger partial charge in [-0.15, -0.1) is 0 Å². The summed E-state index contributed by atoms with van der Waals surface area (Å²) < 4.78 is 6.24. The molecule has 1 nitrogen and oxygen atoms in total. The Bertz CT molecular complexity index is 400. The maximum atomic E-state index is 6.24. The molecule has 18 heavy (non-hydrogen) atoms. The SMILES string of the molecule is CCC(C)(C)c1cccc(OC2(C)CCCC2)c1. The zero-order valence-corrected chi connectivity index (χ0v) is 12.3. The van der Waals surface area contributed by atoms with Crippen molar-refractivity contribution in [3.05, 3.63) is 29.8 Å². The highest BCUT2D eigenvalue weighted by Crippen LogP contribution is 2.35. The van der Waals surface area contributed by atoms with Crippen molar-refractivity contribution < 1.29 is 4.74 Å². The lowest BCUT2D eigenvalue weighted by Gasteiger charge is -2.28. The average Bonchev–Trinajstić information content (AvgIpc) is 2.76. The van der Waals surface area contributed by atoms with E-state index in [9.17, 15) is 0 Å². The van der Waals surface area contributed by atoms with E-state index in [1.54, 1.807) is 0 Å². The first-order chi connectivity index (χ1) is 8.45. The Kier molecular flexibility index (Phi) is 3.70. The van der Waals surface area contributed by atoms with Crippen LogP contribution < -0.4 is 4.74 Å². The second-order valence-electron chi connectivity index (χ2n) is 6.52. The summed E-state index contributed by atoms with van der Waals surface area (Å²) in [4.78, 5) is 0. The van der Waals surface area contributed by atoms with Crippen LogP contribution in [0.15, 0.2) is 24.3 Å². The van der Waals surface area contributed by atoms with E-state index < -0.39 is 0 Å². The van der Waals surface area contributed by atoms with E-state index in [2.05, 4.69) is 52.0 Å². The largest absolute Gasteiger partial charge is 0.488 e. The summed E-state index contributed by atoms with van der Waals surface area (Å²) >= 11 is 0. The fraction of sp³-hybridized carbons (Fsp3) is 0.647. The summed E-state index contributed by atoms with van der Waals surface area (Å²) in [6.45, 7) is 9.08. The predicted octanol–water partition coefficient (Wildman–Crippen LogP) is 5.09. The van der Waals surface area contributed by atoms with Crippen molar-refractivity contribution in [1.29, 1.82) is 0 Å². The van der Waals surface area contributed by atoms with Gasteiger partial charge in [0.1, 0.15) is 11.4 Å². The van der Waals surface area contributed by atoms with E-state index in [1.165, 1.54) is 31.2 Å². The Labute approximate surface area is 112 Å². The normalized spacial score (nSPS) is 18.9. The van der Waals surface area contributed by atoms with Crippen LogP contribution in [-0.4, -0.2) is 5.60 Å². The second kappa shape index (κ2) is 4.95. The fourth-order valence-electron chi connectivity index (χ4n) is 2.69. The molecule has 1 aromatic carbocycles. The van der Waals surface area contributed by atoms with Gasteiger partial charge in [-0.25, -0.2) is 0 Å². The third-order valence-electron chi connectivity index (χ3n) is 4.52. The lowest BCUT2D eigenvalue weighted by molar-refractivity contribution is 0.0966. The Morgan fingerprint density at radius 3 is 2.50 bits per heavy atom. The molecule has 1 heteroatoms. The van der Waals surface area contributed by atoms with Gasteiger partial charge in [-0.2, -0.15) is 0 Å². The van der Waals surface area contributed by atoms with Gasteiger partial charge in [0.2, 0.25) is 0 Å². The number of ether oxygens (including phenoxy) is 1. The maximum absolute atomic E-state index is 6.24. The topological polar surface area (TPSA) is 9.23 Å². The second-order valence-corrected chi connectivity index (χ2v) is 6.52. The molecule has 0 aliphatic heterocycles. The summed E-state index contributed by atoms with van der Waals surface area (Å²) in [6, 6.07) is 8.67. The molecule has 100 valence electrons. The molecule has 0 radical (unpaired) electrons. The molecule has 1 aliphatic carbocycles. The number of hydrogen-bond acceptors (Lipinski definition) is 1. The van der Waals surface area contributed by atoms with Gasteiger partial charge in [0, 0.05) is 0 Å². The molecule has 0 heterocycles. The molecule has 1 saturated carbocycles. The third kappa shape index (κ3) is 2.88. The van der Waals surface area contributed by atoms with Crippen LogP contribution in [0.1, 0.15) is 65.4 Å². The minimum Gasteiger partial charge on any atom is -0.488 e. The number of hydrogen-bond donors (Lipinski definition) is 0. The van der Waals surface area contributed by atoms with Gasteiger partial charge in [-0.05, 0) is 62.1 Å². The van der Waals surface area contributed by atoms with Crippen molar-refractivity contribution in [2.75, 3.05) is 0 Å². The molecule has 0 N–H and O–H groups in total. The van der Waals surface area contributed by atoms with Gasteiger partial charge in [-0.1, -0.05) is 32.9 Å². The van der Waals surface area contributed by atoms with Gasteiger partial charge in [0.25, 0.3) is 0 Å². The van der Waals surface area contributed by atoms with E-state index in [4.69, 9.17) is 4.74 Å². The van der Waals surface area contributed by atoms with Gasteiger partial charge in [0.05, 0.1) is 0 Å². The molecular formula is C17H26O. The Morgan fingerprint density at radius 2 is 1.89 bits per heavy atom. The Balaban J connectivity index is 2.17. The highest BCUT2D eigenvalue weighted by molar-refractivity contribution is 5.33.